The number of nitrogens with zero attached hydrogens (tertiary/aromatic N) is 1. The maximum absolute atomic E-state index is 12.7. The summed E-state index contributed by atoms with van der Waals surface area (Å²) in [6.07, 6.45) is 0.446. The molecule has 0 heterocycles. The number of hydrogen-bond donors (Lipinski definition) is 0. The van der Waals surface area contributed by atoms with Crippen LogP contribution in [0.2, 0.25) is 0 Å². The van der Waals surface area contributed by atoms with E-state index in [1.165, 1.54) is 7.11 Å². The van der Waals surface area contributed by atoms with Crippen molar-refractivity contribution in [1.29, 1.82) is 0 Å². The van der Waals surface area contributed by atoms with E-state index in [-0.39, 0.29) is 5.97 Å². The number of carbonyl (C=O) groups excluding carboxylic acids is 1. The van der Waals surface area contributed by atoms with Crippen LogP contribution < -0.4 is 0 Å². The second kappa shape index (κ2) is 11.4. The van der Waals surface area contributed by atoms with Gasteiger partial charge in [0, 0.05) is 23.4 Å². The number of hydrogen-bond acceptors (Lipinski definition) is 3. The first-order chi connectivity index (χ1) is 16.7. The fraction of sp³-hybridized carbons (Fsp3) is 0.133. The Morgan fingerprint density at radius 3 is 1.65 bits per heavy atom. The van der Waals surface area contributed by atoms with Crippen LogP contribution in [0.15, 0.2) is 114 Å². The van der Waals surface area contributed by atoms with Crippen LogP contribution in [0.3, 0.4) is 0 Å². The molecule has 0 aliphatic heterocycles. The zero-order valence-corrected chi connectivity index (χ0v) is 19.8. The minimum Gasteiger partial charge on any atom is -0.467 e. The van der Waals surface area contributed by atoms with Crippen molar-refractivity contribution in [1.82, 2.24) is 0 Å². The molecule has 1 atom stereocenters. The van der Waals surface area contributed by atoms with Crippen LogP contribution in [0.5, 0.6) is 0 Å². The Labute approximate surface area is 205 Å². The summed E-state index contributed by atoms with van der Waals surface area (Å²) in [5.41, 5.74) is 7.02. The lowest BCUT2D eigenvalue weighted by Crippen LogP contribution is -2.25. The third-order valence-electron chi connectivity index (χ3n) is 5.68. The first-order valence-electron chi connectivity index (χ1n) is 11.2. The predicted molar refractivity (Wildman–Crippen MR) is 139 cm³/mol. The topological polar surface area (TPSA) is 38.7 Å². The number of rotatable bonds is 8. The SMILES string of the molecule is COC(=O)[C@H](Cc1ccc(-c2ccc(CCl)cc2)cc1)N=C(c1ccccc1)c1ccccc1. The van der Waals surface area contributed by atoms with Crippen LogP contribution in [-0.4, -0.2) is 24.8 Å². The quantitative estimate of drug-likeness (QED) is 0.164. The molecule has 0 amide bonds. The van der Waals surface area contributed by atoms with Crippen LogP contribution >= 0.6 is 11.6 Å². The van der Waals surface area contributed by atoms with Crippen molar-refractivity contribution in [2.75, 3.05) is 7.11 Å². The van der Waals surface area contributed by atoms with E-state index in [4.69, 9.17) is 21.3 Å². The van der Waals surface area contributed by atoms with Gasteiger partial charge in [-0.3, -0.25) is 4.99 Å². The number of aliphatic imine (C=N–C) groups is 1. The van der Waals surface area contributed by atoms with E-state index in [2.05, 4.69) is 24.3 Å². The molecule has 170 valence electrons. The molecule has 0 spiro atoms. The van der Waals surface area contributed by atoms with Gasteiger partial charge in [-0.05, 0) is 22.3 Å². The highest BCUT2D eigenvalue weighted by molar-refractivity contribution is 6.17. The molecule has 4 aromatic carbocycles. The van der Waals surface area contributed by atoms with Gasteiger partial charge in [-0.1, -0.05) is 109 Å². The molecule has 0 aromatic heterocycles. The van der Waals surface area contributed by atoms with Crippen molar-refractivity contribution < 1.29 is 9.53 Å². The minimum atomic E-state index is -0.658. The van der Waals surface area contributed by atoms with Gasteiger partial charge in [0.15, 0.2) is 6.04 Å². The molecular formula is C30H26ClNO2. The molecule has 4 heteroatoms. The summed E-state index contributed by atoms with van der Waals surface area (Å²) in [7, 11) is 1.41. The highest BCUT2D eigenvalue weighted by atomic mass is 35.5. The molecular weight excluding hydrogens is 442 g/mol. The third-order valence-corrected chi connectivity index (χ3v) is 5.99. The van der Waals surface area contributed by atoms with Gasteiger partial charge in [-0.25, -0.2) is 4.79 Å². The predicted octanol–water partition coefficient (Wildman–Crippen LogP) is 6.71. The Morgan fingerprint density at radius 1 is 0.735 bits per heavy atom. The van der Waals surface area contributed by atoms with Gasteiger partial charge in [0.25, 0.3) is 0 Å². The van der Waals surface area contributed by atoms with E-state index in [9.17, 15) is 4.79 Å². The fourth-order valence-electron chi connectivity index (χ4n) is 3.82. The van der Waals surface area contributed by atoms with Gasteiger partial charge in [0.2, 0.25) is 0 Å². The van der Waals surface area contributed by atoms with Crippen LogP contribution in [-0.2, 0) is 21.8 Å². The number of benzene rings is 4. The van der Waals surface area contributed by atoms with Crippen LogP contribution in [0.4, 0.5) is 0 Å². The minimum absolute atomic E-state index is 0.356. The van der Waals surface area contributed by atoms with E-state index >= 15 is 0 Å². The molecule has 0 fully saturated rings. The summed E-state index contributed by atoms with van der Waals surface area (Å²) < 4.78 is 5.12. The van der Waals surface area contributed by atoms with Gasteiger partial charge < -0.3 is 4.74 Å². The summed E-state index contributed by atoms with van der Waals surface area (Å²) in [5.74, 6) is 0.146. The molecule has 0 aliphatic rings. The van der Waals surface area contributed by atoms with Gasteiger partial charge >= 0.3 is 5.97 Å². The number of ether oxygens (including phenoxy) is 1. The lowest BCUT2D eigenvalue weighted by atomic mass is 9.99. The highest BCUT2D eigenvalue weighted by Gasteiger charge is 2.21. The average Bonchev–Trinajstić information content (AvgIpc) is 2.92. The van der Waals surface area contributed by atoms with Crippen LogP contribution in [0.25, 0.3) is 11.1 Å². The van der Waals surface area contributed by atoms with Crippen LogP contribution in [0.1, 0.15) is 22.3 Å². The first-order valence-corrected chi connectivity index (χ1v) is 11.7. The molecule has 0 N–H and O–H groups in total. The number of esters is 1. The molecule has 0 saturated carbocycles. The summed E-state index contributed by atoms with van der Waals surface area (Å²) in [6, 6.07) is 35.6. The lowest BCUT2D eigenvalue weighted by molar-refractivity contribution is -0.142. The van der Waals surface area contributed by atoms with Crippen molar-refractivity contribution in [3.63, 3.8) is 0 Å². The highest BCUT2D eigenvalue weighted by Crippen LogP contribution is 2.22. The zero-order chi connectivity index (χ0) is 23.8. The first kappa shape index (κ1) is 23.5. The number of carbonyl (C=O) groups is 1. The molecule has 34 heavy (non-hydrogen) atoms. The second-order valence-electron chi connectivity index (χ2n) is 7.98. The summed E-state index contributed by atoms with van der Waals surface area (Å²) in [5, 5.41) is 0. The Kier molecular flexibility index (Phi) is 7.90. The van der Waals surface area contributed by atoms with E-state index in [1.54, 1.807) is 0 Å². The maximum atomic E-state index is 12.7. The molecule has 0 saturated heterocycles. The third kappa shape index (κ3) is 5.81. The standard InChI is InChI=1S/C30H26ClNO2/c1-34-30(33)28(32-29(26-8-4-2-5-9-26)27-10-6-3-7-11-27)20-22-12-16-24(17-13-22)25-18-14-23(21-31)15-19-25/h2-19,28H,20-21H2,1H3/t28-/m0/s1. The monoisotopic (exact) mass is 467 g/mol. The van der Waals surface area contributed by atoms with Crippen molar-refractivity contribution in [2.24, 2.45) is 4.99 Å². The number of methoxy groups -OCH3 is 1. The average molecular weight is 468 g/mol. The Bertz CT molecular complexity index is 1190. The smallest absolute Gasteiger partial charge is 0.330 e. The summed E-state index contributed by atoms with van der Waals surface area (Å²) >= 11 is 5.90. The van der Waals surface area contributed by atoms with Crippen LogP contribution in [0, 0.1) is 0 Å². The molecule has 4 rings (SSSR count). The zero-order valence-electron chi connectivity index (χ0n) is 19.0. The van der Waals surface area contributed by atoms with Gasteiger partial charge in [-0.2, -0.15) is 0 Å². The second-order valence-corrected chi connectivity index (χ2v) is 8.25. The Morgan fingerprint density at radius 2 is 1.21 bits per heavy atom. The molecule has 4 aromatic rings. The molecule has 0 bridgehead atoms. The number of alkyl halides is 1. The summed E-state index contributed by atoms with van der Waals surface area (Å²) in [6.45, 7) is 0. The molecule has 0 aliphatic carbocycles. The molecule has 3 nitrogen and oxygen atoms in total. The van der Waals surface area contributed by atoms with E-state index in [0.717, 1.165) is 39.1 Å². The fourth-order valence-corrected chi connectivity index (χ4v) is 4.00. The van der Waals surface area contributed by atoms with Crippen molar-refractivity contribution >= 4 is 23.3 Å². The molecule has 0 radical (unpaired) electrons. The van der Waals surface area contributed by atoms with Gasteiger partial charge in [-0.15, -0.1) is 11.6 Å². The van der Waals surface area contributed by atoms with Gasteiger partial charge in [0.1, 0.15) is 0 Å². The maximum Gasteiger partial charge on any atom is 0.330 e. The van der Waals surface area contributed by atoms with Crippen molar-refractivity contribution in [3.8, 4) is 11.1 Å². The molecule has 0 unspecified atom stereocenters. The Balaban J connectivity index is 1.63. The van der Waals surface area contributed by atoms with E-state index in [0.29, 0.717) is 12.3 Å². The lowest BCUT2D eigenvalue weighted by Gasteiger charge is -2.15. The summed E-state index contributed by atoms with van der Waals surface area (Å²) in [4.78, 5) is 17.6. The van der Waals surface area contributed by atoms with Crippen molar-refractivity contribution in [2.45, 2.75) is 18.3 Å². The largest absolute Gasteiger partial charge is 0.467 e. The van der Waals surface area contributed by atoms with Gasteiger partial charge in [0.05, 0.1) is 12.8 Å². The van der Waals surface area contributed by atoms with Crippen molar-refractivity contribution in [3.05, 3.63) is 131 Å². The van der Waals surface area contributed by atoms with E-state index < -0.39 is 6.04 Å². The normalized spacial score (nSPS) is 11.5. The Hall–Kier alpha value is -3.69. The van der Waals surface area contributed by atoms with E-state index in [1.807, 2.05) is 84.9 Å². The number of halogens is 1.